The Morgan fingerprint density at radius 2 is 1.74 bits per heavy atom. The second-order valence-electron chi connectivity index (χ2n) is 8.41. The fraction of sp³-hybridized carbons (Fsp3) is 0.250. The SMILES string of the molecule is CC1=CC[C@H]2C(=O)N(N(CC(=O)c3ccc([N+](=O)[O-])cc3)C(=O)c3ccc(Cl)cc3Cl)C(=O)[C@@H]2C1. The number of hydrogen-bond acceptors (Lipinski definition) is 6. The number of hydrogen-bond donors (Lipinski definition) is 0. The zero-order valence-electron chi connectivity index (χ0n) is 18.4. The molecule has 1 saturated heterocycles. The highest BCUT2D eigenvalue weighted by Gasteiger charge is 2.51. The molecule has 0 radical (unpaired) electrons. The summed E-state index contributed by atoms with van der Waals surface area (Å²) in [5.41, 5.74) is 0.788. The summed E-state index contributed by atoms with van der Waals surface area (Å²) in [7, 11) is 0. The Kier molecular flexibility index (Phi) is 6.73. The molecular formula is C24H19Cl2N3O6. The van der Waals surface area contributed by atoms with Crippen LogP contribution >= 0.6 is 23.2 Å². The first-order valence-electron chi connectivity index (χ1n) is 10.7. The van der Waals surface area contributed by atoms with Crippen molar-refractivity contribution in [3.05, 3.63) is 85.4 Å². The van der Waals surface area contributed by atoms with Gasteiger partial charge in [0.1, 0.15) is 6.54 Å². The average Bonchev–Trinajstić information content (AvgIpc) is 3.06. The van der Waals surface area contributed by atoms with Gasteiger partial charge in [0.2, 0.25) is 0 Å². The first-order valence-corrected chi connectivity index (χ1v) is 11.4. The predicted octanol–water partition coefficient (Wildman–Crippen LogP) is 4.48. The summed E-state index contributed by atoms with van der Waals surface area (Å²) in [6.07, 6.45) is 2.63. The second kappa shape index (κ2) is 9.59. The van der Waals surface area contributed by atoms with Crippen LogP contribution in [-0.4, -0.2) is 45.0 Å². The van der Waals surface area contributed by atoms with Crippen LogP contribution in [0.25, 0.3) is 0 Å². The molecule has 0 aromatic heterocycles. The molecule has 0 unspecified atom stereocenters. The van der Waals surface area contributed by atoms with Gasteiger partial charge in [0.25, 0.3) is 23.4 Å². The molecule has 1 fully saturated rings. The van der Waals surface area contributed by atoms with Gasteiger partial charge in [0.05, 0.1) is 27.3 Å². The molecule has 0 N–H and O–H groups in total. The third-order valence-electron chi connectivity index (χ3n) is 6.13. The molecule has 1 aliphatic carbocycles. The van der Waals surface area contributed by atoms with Gasteiger partial charge >= 0.3 is 0 Å². The summed E-state index contributed by atoms with van der Waals surface area (Å²) in [6.45, 7) is 1.21. The van der Waals surface area contributed by atoms with E-state index in [9.17, 15) is 29.3 Å². The summed E-state index contributed by atoms with van der Waals surface area (Å²) < 4.78 is 0. The van der Waals surface area contributed by atoms with Crippen LogP contribution in [0.4, 0.5) is 5.69 Å². The number of non-ortho nitro benzene ring substituents is 1. The van der Waals surface area contributed by atoms with Crippen molar-refractivity contribution in [1.29, 1.82) is 0 Å². The Hall–Kier alpha value is -3.56. The maximum Gasteiger partial charge on any atom is 0.274 e. The van der Waals surface area contributed by atoms with Crippen LogP contribution in [-0.2, 0) is 9.59 Å². The maximum absolute atomic E-state index is 13.5. The molecular weight excluding hydrogens is 497 g/mol. The van der Waals surface area contributed by atoms with E-state index in [-0.39, 0.29) is 26.9 Å². The molecule has 2 atom stereocenters. The third kappa shape index (κ3) is 4.69. The third-order valence-corrected chi connectivity index (χ3v) is 6.68. The first-order chi connectivity index (χ1) is 16.6. The summed E-state index contributed by atoms with van der Waals surface area (Å²) in [5.74, 6) is -3.84. The molecule has 0 spiro atoms. The fourth-order valence-corrected chi connectivity index (χ4v) is 4.78. The summed E-state index contributed by atoms with van der Waals surface area (Å²) in [4.78, 5) is 63.5. The number of benzene rings is 2. The maximum atomic E-state index is 13.5. The van der Waals surface area contributed by atoms with E-state index in [1.807, 2.05) is 13.0 Å². The Bertz CT molecular complexity index is 1290. The van der Waals surface area contributed by atoms with E-state index in [0.717, 1.165) is 27.7 Å². The summed E-state index contributed by atoms with van der Waals surface area (Å²) in [5, 5.41) is 12.7. The number of amides is 3. The second-order valence-corrected chi connectivity index (χ2v) is 9.25. The number of carbonyl (C=O) groups is 4. The van der Waals surface area contributed by atoms with Gasteiger partial charge < -0.3 is 0 Å². The highest BCUT2D eigenvalue weighted by atomic mass is 35.5. The Balaban J connectivity index is 1.70. The van der Waals surface area contributed by atoms with Crippen molar-refractivity contribution < 1.29 is 24.1 Å². The zero-order chi connectivity index (χ0) is 25.4. The van der Waals surface area contributed by atoms with Gasteiger partial charge in [-0.15, -0.1) is 0 Å². The summed E-state index contributed by atoms with van der Waals surface area (Å²) >= 11 is 12.1. The molecule has 1 aliphatic heterocycles. The lowest BCUT2D eigenvalue weighted by Crippen LogP contribution is -2.52. The van der Waals surface area contributed by atoms with Gasteiger partial charge in [-0.25, -0.2) is 5.01 Å². The van der Waals surface area contributed by atoms with E-state index in [4.69, 9.17) is 23.2 Å². The van der Waals surface area contributed by atoms with Crippen molar-refractivity contribution >= 4 is 52.4 Å². The number of fused-ring (bicyclic) bond motifs is 1. The van der Waals surface area contributed by atoms with E-state index >= 15 is 0 Å². The number of allylic oxidation sites excluding steroid dienone is 2. The number of nitro benzene ring substituents is 1. The van der Waals surface area contributed by atoms with E-state index < -0.39 is 46.8 Å². The topological polar surface area (TPSA) is 118 Å². The lowest BCUT2D eigenvalue weighted by Gasteiger charge is -2.30. The van der Waals surface area contributed by atoms with Crippen LogP contribution in [0, 0.1) is 22.0 Å². The fourth-order valence-electron chi connectivity index (χ4n) is 4.29. The minimum Gasteiger partial charge on any atom is -0.292 e. The summed E-state index contributed by atoms with van der Waals surface area (Å²) in [6, 6.07) is 8.93. The largest absolute Gasteiger partial charge is 0.292 e. The van der Waals surface area contributed by atoms with Crippen molar-refractivity contribution in [3.8, 4) is 0 Å². The standard InChI is InChI=1S/C24H19Cl2N3O6/c1-13-2-8-17-19(10-13)24(33)28(23(17)32)27(22(31)18-9-5-15(25)11-20(18)26)12-21(30)14-3-6-16(7-4-14)29(34)35/h2-7,9,11,17,19H,8,10,12H2,1H3/t17-,19-/m1/s1. The number of carbonyl (C=O) groups excluding carboxylic acids is 4. The van der Waals surface area contributed by atoms with Crippen molar-refractivity contribution in [3.63, 3.8) is 0 Å². The number of Topliss-reactive ketones (excluding diaryl/α,β-unsaturated/α-hetero) is 1. The molecule has 1 heterocycles. The lowest BCUT2D eigenvalue weighted by molar-refractivity contribution is -0.384. The van der Waals surface area contributed by atoms with Crippen LogP contribution in [0.5, 0.6) is 0 Å². The molecule has 4 rings (SSSR count). The molecule has 11 heteroatoms. The van der Waals surface area contributed by atoms with Crippen LogP contribution < -0.4 is 0 Å². The van der Waals surface area contributed by atoms with Gasteiger partial charge in [0.15, 0.2) is 5.78 Å². The van der Waals surface area contributed by atoms with Crippen molar-refractivity contribution in [2.75, 3.05) is 6.54 Å². The predicted molar refractivity (Wildman–Crippen MR) is 127 cm³/mol. The molecule has 2 aromatic rings. The normalized spacial score (nSPS) is 19.3. The van der Waals surface area contributed by atoms with Gasteiger partial charge in [-0.05, 0) is 50.1 Å². The Morgan fingerprint density at radius 3 is 2.37 bits per heavy atom. The number of rotatable bonds is 6. The van der Waals surface area contributed by atoms with E-state index in [1.165, 1.54) is 30.3 Å². The van der Waals surface area contributed by atoms with Gasteiger partial charge in [-0.1, -0.05) is 34.9 Å². The number of ketones is 1. The van der Waals surface area contributed by atoms with E-state index in [1.54, 1.807) is 0 Å². The smallest absolute Gasteiger partial charge is 0.274 e. The Morgan fingerprint density at radius 1 is 1.09 bits per heavy atom. The number of halogens is 2. The van der Waals surface area contributed by atoms with E-state index in [0.29, 0.717) is 12.8 Å². The van der Waals surface area contributed by atoms with Crippen molar-refractivity contribution in [2.45, 2.75) is 19.8 Å². The van der Waals surface area contributed by atoms with Crippen LogP contribution in [0.15, 0.2) is 54.1 Å². The molecule has 2 aromatic carbocycles. The molecule has 3 amide bonds. The average molecular weight is 516 g/mol. The number of hydrazine groups is 1. The molecule has 0 bridgehead atoms. The zero-order valence-corrected chi connectivity index (χ0v) is 20.0. The van der Waals surface area contributed by atoms with Gasteiger partial charge in [-0.2, -0.15) is 5.01 Å². The van der Waals surface area contributed by atoms with Gasteiger partial charge in [-0.3, -0.25) is 29.3 Å². The molecule has 180 valence electrons. The molecule has 35 heavy (non-hydrogen) atoms. The molecule has 9 nitrogen and oxygen atoms in total. The molecule has 0 saturated carbocycles. The first kappa shape index (κ1) is 24.6. The van der Waals surface area contributed by atoms with Crippen LogP contribution in [0.3, 0.4) is 0 Å². The van der Waals surface area contributed by atoms with Crippen molar-refractivity contribution in [1.82, 2.24) is 10.0 Å². The monoisotopic (exact) mass is 515 g/mol. The highest BCUT2D eigenvalue weighted by molar-refractivity contribution is 6.36. The lowest BCUT2D eigenvalue weighted by atomic mass is 9.82. The van der Waals surface area contributed by atoms with Crippen LogP contribution in [0.2, 0.25) is 10.0 Å². The minimum atomic E-state index is -0.827. The van der Waals surface area contributed by atoms with Gasteiger partial charge in [0, 0.05) is 22.7 Å². The quantitative estimate of drug-likeness (QED) is 0.184. The number of nitrogens with zero attached hydrogens (tertiary/aromatic N) is 3. The molecule has 2 aliphatic rings. The van der Waals surface area contributed by atoms with Crippen molar-refractivity contribution in [2.24, 2.45) is 11.8 Å². The highest BCUT2D eigenvalue weighted by Crippen LogP contribution is 2.39. The Labute approximate surface area is 210 Å². The number of imide groups is 1. The van der Waals surface area contributed by atoms with Crippen LogP contribution in [0.1, 0.15) is 40.5 Å². The number of nitro groups is 1. The van der Waals surface area contributed by atoms with E-state index in [2.05, 4.69) is 0 Å². The minimum absolute atomic E-state index is 0.00990.